The van der Waals surface area contributed by atoms with E-state index in [-0.39, 0.29) is 10.8 Å². The van der Waals surface area contributed by atoms with Crippen molar-refractivity contribution in [3.8, 4) is 0 Å². The molecule has 1 aromatic heterocycles. The molecule has 90 valence electrons. The fourth-order valence-electron chi connectivity index (χ4n) is 1.82. The average molecular weight is 264 g/mol. The third kappa shape index (κ3) is 2.09. The van der Waals surface area contributed by atoms with Gasteiger partial charge in [-0.15, -0.1) is 11.6 Å². The van der Waals surface area contributed by atoms with Crippen molar-refractivity contribution < 1.29 is 8.42 Å². The Morgan fingerprint density at radius 1 is 1.62 bits per heavy atom. The summed E-state index contributed by atoms with van der Waals surface area (Å²) < 4.78 is 27.2. The van der Waals surface area contributed by atoms with Crippen LogP contribution in [0.25, 0.3) is 0 Å². The lowest BCUT2D eigenvalue weighted by Crippen LogP contribution is -2.28. The summed E-state index contributed by atoms with van der Waals surface area (Å²) >= 11 is 5.74. The van der Waals surface area contributed by atoms with Gasteiger partial charge in [-0.2, -0.15) is 9.40 Å². The minimum atomic E-state index is -3.37. The number of halogens is 1. The van der Waals surface area contributed by atoms with Crippen LogP contribution in [-0.4, -0.2) is 41.5 Å². The van der Waals surface area contributed by atoms with Crippen LogP contribution in [0.4, 0.5) is 0 Å². The van der Waals surface area contributed by atoms with Crippen molar-refractivity contribution in [2.24, 2.45) is 13.0 Å². The van der Waals surface area contributed by atoms with Gasteiger partial charge in [-0.05, 0) is 12.3 Å². The number of nitrogens with zero attached hydrogens (tertiary/aromatic N) is 3. The van der Waals surface area contributed by atoms with Gasteiger partial charge in [0.25, 0.3) is 0 Å². The summed E-state index contributed by atoms with van der Waals surface area (Å²) in [6.07, 6.45) is 3.73. The largest absolute Gasteiger partial charge is 0.274 e. The molecule has 16 heavy (non-hydrogen) atoms. The van der Waals surface area contributed by atoms with Crippen LogP contribution in [0.2, 0.25) is 0 Å². The maximum absolute atomic E-state index is 12.1. The molecule has 0 amide bonds. The maximum Gasteiger partial charge on any atom is 0.246 e. The Hall–Kier alpha value is -0.590. The van der Waals surface area contributed by atoms with Gasteiger partial charge >= 0.3 is 0 Å². The molecule has 2 rings (SSSR count). The number of aromatic nitrogens is 2. The summed E-state index contributed by atoms with van der Waals surface area (Å²) in [5, 5.41) is 3.88. The molecule has 0 spiro atoms. The smallest absolute Gasteiger partial charge is 0.246 e. The third-order valence-electron chi connectivity index (χ3n) is 2.79. The van der Waals surface area contributed by atoms with E-state index < -0.39 is 10.0 Å². The van der Waals surface area contributed by atoms with E-state index in [0.29, 0.717) is 19.0 Å². The lowest BCUT2D eigenvalue weighted by molar-refractivity contribution is 0.465. The minimum Gasteiger partial charge on any atom is -0.274 e. The molecule has 1 saturated heterocycles. The van der Waals surface area contributed by atoms with E-state index in [1.807, 2.05) is 0 Å². The van der Waals surface area contributed by atoms with Crippen molar-refractivity contribution in [3.63, 3.8) is 0 Å². The van der Waals surface area contributed by atoms with Crippen LogP contribution in [0, 0.1) is 5.92 Å². The van der Waals surface area contributed by atoms with Crippen LogP contribution in [0.15, 0.2) is 17.3 Å². The monoisotopic (exact) mass is 263 g/mol. The van der Waals surface area contributed by atoms with Gasteiger partial charge < -0.3 is 0 Å². The molecule has 0 bridgehead atoms. The summed E-state index contributed by atoms with van der Waals surface area (Å²) in [5.41, 5.74) is 0. The van der Waals surface area contributed by atoms with Crippen molar-refractivity contribution in [1.82, 2.24) is 14.1 Å². The summed E-state index contributed by atoms with van der Waals surface area (Å²) in [5.74, 6) is 0.784. The van der Waals surface area contributed by atoms with Gasteiger partial charge in [0.1, 0.15) is 4.90 Å². The Morgan fingerprint density at radius 2 is 2.38 bits per heavy atom. The first-order chi connectivity index (χ1) is 7.54. The van der Waals surface area contributed by atoms with Crippen LogP contribution in [0.1, 0.15) is 6.42 Å². The Morgan fingerprint density at radius 3 is 2.88 bits per heavy atom. The molecule has 5 nitrogen and oxygen atoms in total. The topological polar surface area (TPSA) is 55.2 Å². The van der Waals surface area contributed by atoms with Gasteiger partial charge in [0, 0.05) is 32.2 Å². The van der Waals surface area contributed by atoms with Gasteiger partial charge in [-0.1, -0.05) is 0 Å². The van der Waals surface area contributed by atoms with Crippen molar-refractivity contribution in [3.05, 3.63) is 12.4 Å². The van der Waals surface area contributed by atoms with Crippen LogP contribution in [0.3, 0.4) is 0 Å². The van der Waals surface area contributed by atoms with Crippen molar-refractivity contribution in [2.75, 3.05) is 19.0 Å². The van der Waals surface area contributed by atoms with E-state index in [9.17, 15) is 8.42 Å². The molecule has 1 aromatic rings. The zero-order valence-electron chi connectivity index (χ0n) is 9.00. The van der Waals surface area contributed by atoms with E-state index in [1.165, 1.54) is 21.4 Å². The Bertz CT molecular complexity index is 471. The summed E-state index contributed by atoms with van der Waals surface area (Å²) in [7, 11) is -1.67. The molecular formula is C9H14ClN3O2S. The minimum absolute atomic E-state index is 0.255. The Kier molecular flexibility index (Phi) is 3.23. The van der Waals surface area contributed by atoms with Gasteiger partial charge in [0.15, 0.2) is 0 Å². The standard InChI is InChI=1S/C9H14ClN3O2S/c1-12-7-9(5-11-12)16(14,15)13-3-2-8(4-10)6-13/h5,7-8H,2-4,6H2,1H3. The molecule has 1 aliphatic heterocycles. The fourth-order valence-corrected chi connectivity index (χ4v) is 3.59. The molecule has 1 aliphatic rings. The molecular weight excluding hydrogens is 250 g/mol. The second kappa shape index (κ2) is 4.35. The molecule has 0 aromatic carbocycles. The van der Waals surface area contributed by atoms with E-state index in [0.717, 1.165) is 6.42 Å². The van der Waals surface area contributed by atoms with Crippen molar-refractivity contribution in [2.45, 2.75) is 11.3 Å². The highest BCUT2D eigenvalue weighted by atomic mass is 35.5. The molecule has 2 heterocycles. The highest BCUT2D eigenvalue weighted by Crippen LogP contribution is 2.24. The van der Waals surface area contributed by atoms with E-state index in [2.05, 4.69) is 5.10 Å². The van der Waals surface area contributed by atoms with E-state index in [1.54, 1.807) is 7.05 Å². The molecule has 0 N–H and O–H groups in total. The highest BCUT2D eigenvalue weighted by molar-refractivity contribution is 7.89. The second-order valence-corrected chi connectivity index (χ2v) is 6.27. The molecule has 1 unspecified atom stereocenters. The lowest BCUT2D eigenvalue weighted by atomic mass is 10.2. The average Bonchev–Trinajstić information content (AvgIpc) is 2.85. The normalized spacial score (nSPS) is 22.8. The molecule has 0 aliphatic carbocycles. The van der Waals surface area contributed by atoms with Crippen LogP contribution in [0.5, 0.6) is 0 Å². The SMILES string of the molecule is Cn1cc(S(=O)(=O)N2CCC(CCl)C2)cn1. The summed E-state index contributed by atoms with van der Waals surface area (Å²) in [6.45, 7) is 1.06. The van der Waals surface area contributed by atoms with Crippen LogP contribution >= 0.6 is 11.6 Å². The van der Waals surface area contributed by atoms with Gasteiger partial charge in [0.2, 0.25) is 10.0 Å². The zero-order valence-corrected chi connectivity index (χ0v) is 10.6. The fraction of sp³-hybridized carbons (Fsp3) is 0.667. The molecule has 7 heteroatoms. The molecule has 0 radical (unpaired) electrons. The Balaban J connectivity index is 2.21. The van der Waals surface area contributed by atoms with Crippen LogP contribution < -0.4 is 0 Å². The predicted octanol–water partition coefficient (Wildman–Crippen LogP) is 0.669. The maximum atomic E-state index is 12.1. The lowest BCUT2D eigenvalue weighted by Gasteiger charge is -2.14. The quantitative estimate of drug-likeness (QED) is 0.754. The Labute approximate surface area is 100 Å². The van der Waals surface area contributed by atoms with Gasteiger partial charge in [-0.25, -0.2) is 8.42 Å². The number of sulfonamides is 1. The zero-order chi connectivity index (χ0) is 11.8. The summed E-state index contributed by atoms with van der Waals surface area (Å²) in [6, 6.07) is 0. The molecule has 1 fully saturated rings. The number of hydrogen-bond donors (Lipinski definition) is 0. The van der Waals surface area contributed by atoms with Crippen molar-refractivity contribution >= 4 is 21.6 Å². The third-order valence-corrected chi connectivity index (χ3v) is 5.04. The summed E-state index contributed by atoms with van der Waals surface area (Å²) in [4.78, 5) is 0.255. The van der Waals surface area contributed by atoms with E-state index >= 15 is 0 Å². The van der Waals surface area contributed by atoms with Gasteiger partial charge in [0.05, 0.1) is 6.20 Å². The number of aryl methyl sites for hydroxylation is 1. The molecule has 1 atom stereocenters. The van der Waals surface area contributed by atoms with E-state index in [4.69, 9.17) is 11.6 Å². The number of rotatable bonds is 3. The van der Waals surface area contributed by atoms with Crippen LogP contribution in [-0.2, 0) is 17.1 Å². The van der Waals surface area contributed by atoms with Gasteiger partial charge in [-0.3, -0.25) is 4.68 Å². The predicted molar refractivity (Wildman–Crippen MR) is 60.8 cm³/mol. The second-order valence-electron chi connectivity index (χ2n) is 4.02. The first-order valence-corrected chi connectivity index (χ1v) is 7.06. The first kappa shape index (κ1) is 11.9. The number of alkyl halides is 1. The highest BCUT2D eigenvalue weighted by Gasteiger charge is 2.32. The van der Waals surface area contributed by atoms with Crippen molar-refractivity contribution in [1.29, 1.82) is 0 Å². The first-order valence-electron chi connectivity index (χ1n) is 5.09. The molecule has 0 saturated carbocycles. The number of hydrogen-bond acceptors (Lipinski definition) is 3.